The van der Waals surface area contributed by atoms with Crippen LogP contribution in [0.3, 0.4) is 0 Å². The molecule has 1 heterocycles. The fraction of sp³-hybridized carbons (Fsp3) is 0.182. The molecule has 1 aromatic heterocycles. The molecule has 6 heteroatoms. The van der Waals surface area contributed by atoms with Crippen molar-refractivity contribution in [2.75, 3.05) is 5.32 Å². The molecule has 0 aliphatic heterocycles. The summed E-state index contributed by atoms with van der Waals surface area (Å²) in [4.78, 5) is 10.5. The number of hydrogen-bond acceptors (Lipinski definition) is 5. The van der Waals surface area contributed by atoms with E-state index in [-0.39, 0.29) is 12.1 Å². The van der Waals surface area contributed by atoms with E-state index in [2.05, 4.69) is 15.5 Å². The average molecular weight is 252 g/mol. The minimum Gasteiger partial charge on any atom is -0.403 e. The Labute approximate surface area is 103 Å². The van der Waals surface area contributed by atoms with Gasteiger partial charge in [0.25, 0.3) is 0 Å². The quantitative estimate of drug-likeness (QED) is 0.845. The van der Waals surface area contributed by atoms with Crippen LogP contribution in [-0.4, -0.2) is 22.5 Å². The molecule has 0 bridgehead atoms. The largest absolute Gasteiger partial charge is 0.403 e. The molecule has 0 spiro atoms. The van der Waals surface area contributed by atoms with Gasteiger partial charge in [-0.25, -0.2) is 0 Å². The maximum atomic E-state index is 10.5. The second-order valence-corrected chi connectivity index (χ2v) is 3.92. The van der Waals surface area contributed by atoms with E-state index in [0.717, 1.165) is 11.8 Å². The highest BCUT2D eigenvalue weighted by atomic mass is 35.5. The van der Waals surface area contributed by atoms with Crippen molar-refractivity contribution in [2.24, 2.45) is 0 Å². The molecule has 1 atom stereocenters. The fourth-order valence-corrected chi connectivity index (χ4v) is 1.35. The number of hydrogen-bond donors (Lipinski definition) is 1. The van der Waals surface area contributed by atoms with Crippen LogP contribution in [0.5, 0.6) is 0 Å². The number of anilines is 1. The third kappa shape index (κ3) is 2.82. The molecule has 0 unspecified atom stereocenters. The summed E-state index contributed by atoms with van der Waals surface area (Å²) in [5.41, 5.74) is 0.772. The molecule has 1 N–H and O–H groups in total. The lowest BCUT2D eigenvalue weighted by Gasteiger charge is -2.01. The zero-order valence-corrected chi connectivity index (χ0v) is 9.81. The fourth-order valence-electron chi connectivity index (χ4n) is 1.22. The SMILES string of the molecule is C[C@H](C=O)Nc1nnc(-c2ccc(Cl)cc2)o1. The van der Waals surface area contributed by atoms with Crippen molar-refractivity contribution in [3.63, 3.8) is 0 Å². The number of carbonyl (C=O) groups excluding carboxylic acids is 1. The van der Waals surface area contributed by atoms with Crippen LogP contribution in [0.1, 0.15) is 6.92 Å². The van der Waals surface area contributed by atoms with Gasteiger partial charge >= 0.3 is 6.01 Å². The van der Waals surface area contributed by atoms with Crippen LogP contribution in [0, 0.1) is 0 Å². The van der Waals surface area contributed by atoms with E-state index in [9.17, 15) is 4.79 Å². The number of carbonyl (C=O) groups is 1. The summed E-state index contributed by atoms with van der Waals surface area (Å²) < 4.78 is 5.35. The van der Waals surface area contributed by atoms with Crippen molar-refractivity contribution in [3.05, 3.63) is 29.3 Å². The van der Waals surface area contributed by atoms with E-state index in [1.165, 1.54) is 0 Å². The molecule has 0 saturated heterocycles. The Morgan fingerprint density at radius 2 is 2.06 bits per heavy atom. The Hall–Kier alpha value is -1.88. The first kappa shape index (κ1) is 11.6. The third-order valence-corrected chi connectivity index (χ3v) is 2.32. The predicted octanol–water partition coefficient (Wildman–Crippen LogP) is 2.39. The van der Waals surface area contributed by atoms with Gasteiger partial charge in [0, 0.05) is 10.6 Å². The summed E-state index contributed by atoms with van der Waals surface area (Å²) in [6, 6.07) is 6.89. The van der Waals surface area contributed by atoms with E-state index in [1.807, 2.05) is 0 Å². The van der Waals surface area contributed by atoms with Gasteiger partial charge in [-0.05, 0) is 31.2 Å². The smallest absolute Gasteiger partial charge is 0.316 e. The normalized spacial score (nSPS) is 12.1. The minimum absolute atomic E-state index is 0.217. The zero-order valence-electron chi connectivity index (χ0n) is 9.05. The first-order valence-corrected chi connectivity index (χ1v) is 5.38. The van der Waals surface area contributed by atoms with Crippen molar-refractivity contribution < 1.29 is 9.21 Å². The molecular weight excluding hydrogens is 242 g/mol. The number of nitrogens with zero attached hydrogens (tertiary/aromatic N) is 2. The van der Waals surface area contributed by atoms with Gasteiger partial charge in [-0.2, -0.15) is 0 Å². The molecule has 0 aliphatic carbocycles. The van der Waals surface area contributed by atoms with Gasteiger partial charge in [-0.3, -0.25) is 0 Å². The number of rotatable bonds is 4. The maximum Gasteiger partial charge on any atom is 0.316 e. The molecular formula is C11H10ClN3O2. The van der Waals surface area contributed by atoms with Crippen LogP contribution in [0.15, 0.2) is 28.7 Å². The van der Waals surface area contributed by atoms with Crippen molar-refractivity contribution in [3.8, 4) is 11.5 Å². The van der Waals surface area contributed by atoms with E-state index >= 15 is 0 Å². The first-order valence-electron chi connectivity index (χ1n) is 5.00. The van der Waals surface area contributed by atoms with E-state index < -0.39 is 0 Å². The molecule has 1 aromatic carbocycles. The summed E-state index contributed by atoms with van der Waals surface area (Å²) in [7, 11) is 0. The van der Waals surface area contributed by atoms with Crippen molar-refractivity contribution in [1.29, 1.82) is 0 Å². The summed E-state index contributed by atoms with van der Waals surface area (Å²) in [6.07, 6.45) is 0.756. The Kier molecular flexibility index (Phi) is 3.39. The monoisotopic (exact) mass is 251 g/mol. The Balaban J connectivity index is 2.17. The molecule has 0 aliphatic rings. The first-order chi connectivity index (χ1) is 8.19. The maximum absolute atomic E-state index is 10.5. The summed E-state index contributed by atoms with van der Waals surface area (Å²) in [5, 5.41) is 11.0. The molecule has 0 fully saturated rings. The molecule has 88 valence electrons. The number of nitrogens with one attached hydrogen (secondary N) is 1. The van der Waals surface area contributed by atoms with Crippen LogP contribution in [0.25, 0.3) is 11.5 Å². The standard InChI is InChI=1S/C11H10ClN3O2/c1-7(6-16)13-11-15-14-10(17-11)8-2-4-9(12)5-3-8/h2-7H,1H3,(H,13,15)/t7-/m1/s1. The van der Waals surface area contributed by atoms with Gasteiger partial charge in [0.1, 0.15) is 6.29 Å². The number of benzene rings is 1. The van der Waals surface area contributed by atoms with Gasteiger partial charge in [-0.1, -0.05) is 16.7 Å². The summed E-state index contributed by atoms with van der Waals surface area (Å²) >= 11 is 5.77. The van der Waals surface area contributed by atoms with Gasteiger partial charge < -0.3 is 14.5 Å². The van der Waals surface area contributed by atoms with Crippen LogP contribution < -0.4 is 5.32 Å². The highest BCUT2D eigenvalue weighted by Crippen LogP contribution is 2.21. The lowest BCUT2D eigenvalue weighted by atomic mass is 10.2. The minimum atomic E-state index is -0.367. The van der Waals surface area contributed by atoms with Gasteiger partial charge in [0.05, 0.1) is 6.04 Å². The zero-order chi connectivity index (χ0) is 12.3. The van der Waals surface area contributed by atoms with Crippen LogP contribution in [0.4, 0.5) is 6.01 Å². The highest BCUT2D eigenvalue weighted by molar-refractivity contribution is 6.30. The molecule has 0 radical (unpaired) electrons. The van der Waals surface area contributed by atoms with E-state index in [1.54, 1.807) is 31.2 Å². The van der Waals surface area contributed by atoms with Crippen LogP contribution in [-0.2, 0) is 4.79 Å². The number of aromatic nitrogens is 2. The van der Waals surface area contributed by atoms with E-state index in [4.69, 9.17) is 16.0 Å². The molecule has 0 saturated carbocycles. The average Bonchev–Trinajstić information content (AvgIpc) is 2.78. The molecule has 2 aromatic rings. The lowest BCUT2D eigenvalue weighted by Crippen LogP contribution is -2.16. The lowest BCUT2D eigenvalue weighted by molar-refractivity contribution is -0.108. The second-order valence-electron chi connectivity index (χ2n) is 3.49. The van der Waals surface area contributed by atoms with Crippen molar-refractivity contribution in [2.45, 2.75) is 13.0 Å². The van der Waals surface area contributed by atoms with Crippen molar-refractivity contribution >= 4 is 23.9 Å². The number of halogens is 1. The van der Waals surface area contributed by atoms with Gasteiger partial charge in [0.2, 0.25) is 5.89 Å². The van der Waals surface area contributed by atoms with E-state index in [0.29, 0.717) is 10.9 Å². The molecule has 0 amide bonds. The van der Waals surface area contributed by atoms with Crippen molar-refractivity contribution in [1.82, 2.24) is 10.2 Å². The summed E-state index contributed by atoms with van der Waals surface area (Å²) in [5.74, 6) is 0.377. The van der Waals surface area contributed by atoms with Crippen LogP contribution >= 0.6 is 11.6 Å². The molecule has 17 heavy (non-hydrogen) atoms. The molecule has 5 nitrogen and oxygen atoms in total. The Morgan fingerprint density at radius 1 is 1.35 bits per heavy atom. The predicted molar refractivity (Wildman–Crippen MR) is 63.9 cm³/mol. The Morgan fingerprint density at radius 3 is 2.71 bits per heavy atom. The third-order valence-electron chi connectivity index (χ3n) is 2.07. The van der Waals surface area contributed by atoms with Gasteiger partial charge in [0.15, 0.2) is 0 Å². The summed E-state index contributed by atoms with van der Waals surface area (Å²) in [6.45, 7) is 1.69. The topological polar surface area (TPSA) is 68.0 Å². The number of aldehydes is 1. The highest BCUT2D eigenvalue weighted by Gasteiger charge is 2.09. The van der Waals surface area contributed by atoms with Crippen LogP contribution in [0.2, 0.25) is 5.02 Å². The Bertz CT molecular complexity index is 510. The van der Waals surface area contributed by atoms with Gasteiger partial charge in [-0.15, -0.1) is 5.10 Å². The second kappa shape index (κ2) is 4.97. The molecule has 2 rings (SSSR count).